The van der Waals surface area contributed by atoms with Crippen molar-refractivity contribution >= 4 is 17.0 Å². The Morgan fingerprint density at radius 1 is 1.28 bits per heavy atom. The fourth-order valence-electron chi connectivity index (χ4n) is 3.81. The molecule has 130 valence electrons. The molecule has 0 bridgehead atoms. The third kappa shape index (κ3) is 2.81. The first-order chi connectivity index (χ1) is 12.0. The highest BCUT2D eigenvalue weighted by molar-refractivity contribution is 6.06. The van der Waals surface area contributed by atoms with E-state index in [0.717, 1.165) is 19.5 Å². The zero-order valence-corrected chi connectivity index (χ0v) is 14.7. The van der Waals surface area contributed by atoms with Crippen LogP contribution in [0.4, 0.5) is 0 Å². The fraction of sp³-hybridized carbons (Fsp3) is 0.421. The van der Waals surface area contributed by atoms with E-state index in [1.807, 2.05) is 17.9 Å². The molecule has 25 heavy (non-hydrogen) atoms. The summed E-state index contributed by atoms with van der Waals surface area (Å²) < 4.78 is 10.8. The number of hydrogen-bond donors (Lipinski definition) is 0. The predicted octanol–water partition coefficient (Wildman–Crippen LogP) is 3.91. The summed E-state index contributed by atoms with van der Waals surface area (Å²) in [6.07, 6.45) is 2.74. The van der Waals surface area contributed by atoms with E-state index in [4.69, 9.17) is 8.94 Å². The van der Waals surface area contributed by atoms with E-state index in [1.165, 1.54) is 0 Å². The van der Waals surface area contributed by atoms with Crippen LogP contribution in [0.2, 0.25) is 0 Å². The normalized spacial score (nSPS) is 21.0. The number of fused-ring (bicyclic) bond motifs is 1. The second-order valence-electron chi connectivity index (χ2n) is 7.14. The molecule has 1 saturated heterocycles. The molecule has 1 aliphatic rings. The van der Waals surface area contributed by atoms with E-state index in [1.54, 1.807) is 18.4 Å². The van der Waals surface area contributed by atoms with E-state index >= 15 is 0 Å². The van der Waals surface area contributed by atoms with E-state index in [-0.39, 0.29) is 5.91 Å². The van der Waals surface area contributed by atoms with Crippen LogP contribution >= 0.6 is 0 Å². The second kappa shape index (κ2) is 6.02. The largest absolute Gasteiger partial charge is 0.463 e. The van der Waals surface area contributed by atoms with Crippen LogP contribution in [-0.4, -0.2) is 34.0 Å². The van der Waals surface area contributed by atoms with Crippen molar-refractivity contribution in [3.8, 4) is 11.5 Å². The monoisotopic (exact) mass is 339 g/mol. The van der Waals surface area contributed by atoms with Crippen molar-refractivity contribution in [2.75, 3.05) is 13.1 Å². The van der Waals surface area contributed by atoms with Crippen LogP contribution in [-0.2, 0) is 0 Å². The van der Waals surface area contributed by atoms with Gasteiger partial charge in [0.05, 0.1) is 22.9 Å². The number of pyridine rings is 1. The molecule has 6 heteroatoms. The number of furan rings is 1. The number of carbonyl (C=O) groups is 1. The Hall–Kier alpha value is -2.63. The Labute approximate surface area is 145 Å². The van der Waals surface area contributed by atoms with Gasteiger partial charge in [-0.15, -0.1) is 0 Å². The maximum atomic E-state index is 13.3. The Kier molecular flexibility index (Phi) is 3.82. The zero-order chi connectivity index (χ0) is 17.6. The topological polar surface area (TPSA) is 72.4 Å². The third-order valence-electron chi connectivity index (χ3n) is 4.78. The number of aromatic nitrogens is 2. The molecule has 0 spiro atoms. The van der Waals surface area contributed by atoms with E-state index < -0.39 is 0 Å². The minimum absolute atomic E-state index is 0.00454. The Bertz CT molecular complexity index is 904. The van der Waals surface area contributed by atoms with Crippen LogP contribution in [0, 0.1) is 18.8 Å². The number of aryl methyl sites for hydroxylation is 1. The second-order valence-corrected chi connectivity index (χ2v) is 7.14. The van der Waals surface area contributed by atoms with Crippen molar-refractivity contribution < 1.29 is 13.7 Å². The van der Waals surface area contributed by atoms with Gasteiger partial charge in [-0.25, -0.2) is 4.98 Å². The van der Waals surface area contributed by atoms with Gasteiger partial charge >= 0.3 is 0 Å². The lowest BCUT2D eigenvalue weighted by molar-refractivity contribution is 0.0625. The van der Waals surface area contributed by atoms with Crippen LogP contribution in [0.5, 0.6) is 0 Å². The molecule has 0 N–H and O–H groups in total. The first-order valence-corrected chi connectivity index (χ1v) is 8.63. The molecule has 1 fully saturated rings. The van der Waals surface area contributed by atoms with E-state index in [0.29, 0.717) is 45.6 Å². The molecule has 1 amide bonds. The lowest BCUT2D eigenvalue weighted by atomic mass is 9.91. The summed E-state index contributed by atoms with van der Waals surface area (Å²) in [7, 11) is 0. The number of piperidine rings is 1. The van der Waals surface area contributed by atoms with Gasteiger partial charge < -0.3 is 13.8 Å². The lowest BCUT2D eigenvalue weighted by Gasteiger charge is -2.35. The van der Waals surface area contributed by atoms with Crippen molar-refractivity contribution in [1.29, 1.82) is 0 Å². The summed E-state index contributed by atoms with van der Waals surface area (Å²) in [5.74, 6) is 1.60. The van der Waals surface area contributed by atoms with Gasteiger partial charge in [-0.05, 0) is 43.4 Å². The van der Waals surface area contributed by atoms with Gasteiger partial charge in [0.25, 0.3) is 11.6 Å². The summed E-state index contributed by atoms with van der Waals surface area (Å²) in [6, 6.07) is 5.40. The summed E-state index contributed by atoms with van der Waals surface area (Å²) in [4.78, 5) is 19.7. The van der Waals surface area contributed by atoms with Crippen molar-refractivity contribution in [3.05, 3.63) is 35.7 Å². The average molecular weight is 339 g/mol. The van der Waals surface area contributed by atoms with Gasteiger partial charge in [0.1, 0.15) is 5.69 Å². The summed E-state index contributed by atoms with van der Waals surface area (Å²) >= 11 is 0. The highest BCUT2D eigenvalue weighted by Crippen LogP contribution is 2.30. The Morgan fingerprint density at radius 3 is 2.72 bits per heavy atom. The number of amides is 1. The molecule has 0 aliphatic carbocycles. The molecule has 3 aromatic rings. The van der Waals surface area contributed by atoms with Gasteiger partial charge in [0, 0.05) is 13.1 Å². The van der Waals surface area contributed by atoms with Crippen LogP contribution in [0.15, 0.2) is 33.4 Å². The molecule has 1 aliphatic heterocycles. The molecular weight excluding hydrogens is 318 g/mol. The molecule has 0 saturated carbocycles. The number of rotatable bonds is 2. The maximum Gasteiger partial charge on any atom is 0.259 e. The summed E-state index contributed by atoms with van der Waals surface area (Å²) in [5.41, 5.74) is 2.20. The van der Waals surface area contributed by atoms with Gasteiger partial charge in [-0.3, -0.25) is 4.79 Å². The highest BCUT2D eigenvalue weighted by atomic mass is 16.5. The third-order valence-corrected chi connectivity index (χ3v) is 4.78. The molecule has 4 heterocycles. The molecule has 0 radical (unpaired) electrons. The molecular formula is C19H21N3O3. The van der Waals surface area contributed by atoms with Crippen LogP contribution in [0.3, 0.4) is 0 Å². The first kappa shape index (κ1) is 15.9. The number of likely N-dealkylation sites (tertiary alicyclic amines) is 1. The first-order valence-electron chi connectivity index (χ1n) is 8.63. The van der Waals surface area contributed by atoms with E-state index in [9.17, 15) is 4.79 Å². The standard InChI is InChI=1S/C19H21N3O3/c1-11-7-12(2)10-22(9-11)19(23)14-8-15(16-5-4-6-24-16)20-18-17(14)13(3)21-25-18/h4-6,8,11-12H,7,9-10H2,1-3H3. The van der Waals surface area contributed by atoms with Gasteiger partial charge in [-0.2, -0.15) is 0 Å². The number of carbonyl (C=O) groups excluding carboxylic acids is 1. The Morgan fingerprint density at radius 2 is 2.04 bits per heavy atom. The summed E-state index contributed by atoms with van der Waals surface area (Å²) in [5, 5.41) is 4.68. The predicted molar refractivity (Wildman–Crippen MR) is 93.1 cm³/mol. The smallest absolute Gasteiger partial charge is 0.259 e. The van der Waals surface area contributed by atoms with Gasteiger partial charge in [0.15, 0.2) is 5.76 Å². The van der Waals surface area contributed by atoms with Gasteiger partial charge in [0.2, 0.25) is 0 Å². The SMILES string of the molecule is Cc1noc2nc(-c3ccco3)cc(C(=O)N3CC(C)CC(C)C3)c12. The van der Waals surface area contributed by atoms with E-state index in [2.05, 4.69) is 24.0 Å². The fourth-order valence-corrected chi connectivity index (χ4v) is 3.81. The highest BCUT2D eigenvalue weighted by Gasteiger charge is 2.29. The van der Waals surface area contributed by atoms with Crippen molar-refractivity contribution in [2.24, 2.45) is 11.8 Å². The van der Waals surface area contributed by atoms with Crippen LogP contribution in [0.25, 0.3) is 22.6 Å². The molecule has 6 nitrogen and oxygen atoms in total. The molecule has 3 aromatic heterocycles. The number of hydrogen-bond acceptors (Lipinski definition) is 5. The zero-order valence-electron chi connectivity index (χ0n) is 14.7. The van der Waals surface area contributed by atoms with Crippen molar-refractivity contribution in [1.82, 2.24) is 15.0 Å². The van der Waals surface area contributed by atoms with Gasteiger partial charge in [-0.1, -0.05) is 19.0 Å². The maximum absolute atomic E-state index is 13.3. The minimum Gasteiger partial charge on any atom is -0.463 e. The molecule has 2 unspecified atom stereocenters. The lowest BCUT2D eigenvalue weighted by Crippen LogP contribution is -2.42. The van der Waals surface area contributed by atoms with Crippen molar-refractivity contribution in [2.45, 2.75) is 27.2 Å². The van der Waals surface area contributed by atoms with Crippen molar-refractivity contribution in [3.63, 3.8) is 0 Å². The minimum atomic E-state index is 0.00454. The molecule has 4 rings (SSSR count). The Balaban J connectivity index is 1.82. The quantitative estimate of drug-likeness (QED) is 0.708. The molecule has 0 aromatic carbocycles. The average Bonchev–Trinajstić information content (AvgIpc) is 3.23. The van der Waals surface area contributed by atoms with Crippen LogP contribution < -0.4 is 0 Å². The molecule has 2 atom stereocenters. The number of nitrogens with zero attached hydrogens (tertiary/aromatic N) is 3. The summed E-state index contributed by atoms with van der Waals surface area (Å²) in [6.45, 7) is 7.76. The van der Waals surface area contributed by atoms with Crippen LogP contribution in [0.1, 0.15) is 36.3 Å².